The SMILES string of the molecule is COc1ccc([C@H]2CC(=O)Nc3nc(Nc4ccccc4)sc32)cc1OC. The zero-order valence-corrected chi connectivity index (χ0v) is 15.8. The molecule has 0 aliphatic carbocycles. The minimum atomic E-state index is -0.0719. The maximum atomic E-state index is 12.2. The topological polar surface area (TPSA) is 72.5 Å². The van der Waals surface area contributed by atoms with Crippen molar-refractivity contribution >= 4 is 33.9 Å². The highest BCUT2D eigenvalue weighted by Gasteiger charge is 2.31. The van der Waals surface area contributed by atoms with Crippen molar-refractivity contribution in [2.45, 2.75) is 12.3 Å². The number of hydrogen-bond donors (Lipinski definition) is 2. The molecule has 0 saturated heterocycles. The van der Waals surface area contributed by atoms with Crippen LogP contribution in [0.1, 0.15) is 22.8 Å². The molecule has 138 valence electrons. The Labute approximate surface area is 161 Å². The molecule has 1 amide bonds. The number of anilines is 3. The zero-order chi connectivity index (χ0) is 18.8. The fraction of sp³-hybridized carbons (Fsp3) is 0.200. The van der Waals surface area contributed by atoms with E-state index in [4.69, 9.17) is 9.47 Å². The summed E-state index contributed by atoms with van der Waals surface area (Å²) in [5.74, 6) is 1.82. The number of benzene rings is 2. The van der Waals surface area contributed by atoms with Crippen LogP contribution in [-0.4, -0.2) is 25.1 Å². The molecule has 2 N–H and O–H groups in total. The van der Waals surface area contributed by atoms with Crippen LogP contribution < -0.4 is 20.1 Å². The maximum absolute atomic E-state index is 12.2. The Hall–Kier alpha value is -3.06. The lowest BCUT2D eigenvalue weighted by Crippen LogP contribution is -2.22. The Bertz CT molecular complexity index is 972. The van der Waals surface area contributed by atoms with Crippen LogP contribution in [0.25, 0.3) is 0 Å². The van der Waals surface area contributed by atoms with Gasteiger partial charge in [-0.2, -0.15) is 0 Å². The van der Waals surface area contributed by atoms with Crippen molar-refractivity contribution in [1.82, 2.24) is 4.98 Å². The summed E-state index contributed by atoms with van der Waals surface area (Å²) in [5.41, 5.74) is 1.95. The van der Waals surface area contributed by atoms with Gasteiger partial charge in [0.05, 0.1) is 19.1 Å². The van der Waals surface area contributed by atoms with E-state index in [2.05, 4.69) is 15.6 Å². The Balaban J connectivity index is 1.69. The summed E-state index contributed by atoms with van der Waals surface area (Å²) in [6.45, 7) is 0. The van der Waals surface area contributed by atoms with Gasteiger partial charge < -0.3 is 20.1 Å². The lowest BCUT2D eigenvalue weighted by atomic mass is 9.91. The van der Waals surface area contributed by atoms with Gasteiger partial charge in [-0.05, 0) is 29.8 Å². The van der Waals surface area contributed by atoms with E-state index >= 15 is 0 Å². The molecule has 1 aliphatic heterocycles. The van der Waals surface area contributed by atoms with Gasteiger partial charge in [0.15, 0.2) is 16.6 Å². The van der Waals surface area contributed by atoms with Gasteiger partial charge in [-0.15, -0.1) is 0 Å². The van der Waals surface area contributed by atoms with Crippen molar-refractivity contribution < 1.29 is 14.3 Å². The number of rotatable bonds is 5. The summed E-state index contributed by atoms with van der Waals surface area (Å²) in [7, 11) is 3.21. The number of carbonyl (C=O) groups excluding carboxylic acids is 1. The van der Waals surface area contributed by atoms with Crippen LogP contribution in [0.15, 0.2) is 48.5 Å². The first-order chi connectivity index (χ1) is 13.2. The molecule has 0 fully saturated rings. The van der Waals surface area contributed by atoms with E-state index in [-0.39, 0.29) is 11.8 Å². The zero-order valence-electron chi connectivity index (χ0n) is 15.0. The van der Waals surface area contributed by atoms with E-state index in [1.54, 1.807) is 25.6 Å². The molecule has 1 aromatic heterocycles. The van der Waals surface area contributed by atoms with Gasteiger partial charge in [-0.3, -0.25) is 4.79 Å². The molecule has 1 aliphatic rings. The van der Waals surface area contributed by atoms with Crippen LogP contribution in [0.3, 0.4) is 0 Å². The highest BCUT2D eigenvalue weighted by molar-refractivity contribution is 7.16. The third-order valence-corrected chi connectivity index (χ3v) is 5.54. The highest BCUT2D eigenvalue weighted by Crippen LogP contribution is 2.44. The van der Waals surface area contributed by atoms with Gasteiger partial charge in [0, 0.05) is 18.0 Å². The number of carbonyl (C=O) groups is 1. The predicted octanol–water partition coefficient (Wildman–Crippen LogP) is 4.38. The minimum absolute atomic E-state index is 0.0427. The van der Waals surface area contributed by atoms with Crippen molar-refractivity contribution in [3.8, 4) is 11.5 Å². The van der Waals surface area contributed by atoms with Gasteiger partial charge in [0.25, 0.3) is 0 Å². The van der Waals surface area contributed by atoms with Gasteiger partial charge >= 0.3 is 0 Å². The van der Waals surface area contributed by atoms with Crippen molar-refractivity contribution in [1.29, 1.82) is 0 Å². The molecule has 2 heterocycles. The van der Waals surface area contributed by atoms with E-state index in [1.165, 1.54) is 0 Å². The second kappa shape index (κ2) is 7.28. The number of aromatic nitrogens is 1. The second-order valence-electron chi connectivity index (χ2n) is 6.14. The van der Waals surface area contributed by atoms with Crippen LogP contribution in [-0.2, 0) is 4.79 Å². The molecule has 7 heteroatoms. The monoisotopic (exact) mass is 381 g/mol. The quantitative estimate of drug-likeness (QED) is 0.686. The molecule has 4 rings (SSSR count). The first-order valence-electron chi connectivity index (χ1n) is 8.52. The lowest BCUT2D eigenvalue weighted by molar-refractivity contribution is -0.116. The van der Waals surface area contributed by atoms with E-state index in [0.29, 0.717) is 23.7 Å². The minimum Gasteiger partial charge on any atom is -0.493 e. The number of nitrogens with zero attached hydrogens (tertiary/aromatic N) is 1. The Morgan fingerprint density at radius 2 is 1.89 bits per heavy atom. The number of thiazole rings is 1. The van der Waals surface area contributed by atoms with Gasteiger partial charge in [0.1, 0.15) is 5.82 Å². The average molecular weight is 381 g/mol. The van der Waals surface area contributed by atoms with Crippen LogP contribution in [0.4, 0.5) is 16.6 Å². The fourth-order valence-electron chi connectivity index (χ4n) is 3.16. The van der Waals surface area contributed by atoms with E-state index in [9.17, 15) is 4.79 Å². The molecule has 6 nitrogen and oxygen atoms in total. The highest BCUT2D eigenvalue weighted by atomic mass is 32.1. The first-order valence-corrected chi connectivity index (χ1v) is 9.34. The number of hydrogen-bond acceptors (Lipinski definition) is 6. The Morgan fingerprint density at radius 3 is 2.63 bits per heavy atom. The number of ether oxygens (including phenoxy) is 2. The molecular formula is C20H19N3O3S. The molecule has 2 aromatic carbocycles. The third kappa shape index (κ3) is 3.46. The second-order valence-corrected chi connectivity index (χ2v) is 7.17. The van der Waals surface area contributed by atoms with Crippen LogP contribution >= 0.6 is 11.3 Å². The van der Waals surface area contributed by atoms with Gasteiger partial charge in [-0.1, -0.05) is 35.6 Å². The van der Waals surface area contributed by atoms with Crippen LogP contribution in [0.2, 0.25) is 0 Å². The summed E-state index contributed by atoms with van der Waals surface area (Å²) in [5, 5.41) is 6.93. The molecule has 0 unspecified atom stereocenters. The van der Waals surface area contributed by atoms with Crippen LogP contribution in [0.5, 0.6) is 11.5 Å². The summed E-state index contributed by atoms with van der Waals surface area (Å²) in [4.78, 5) is 17.8. The molecule has 0 spiro atoms. The summed E-state index contributed by atoms with van der Waals surface area (Å²) in [6.07, 6.45) is 0.370. The van der Waals surface area contributed by atoms with Crippen molar-refractivity contribution in [2.24, 2.45) is 0 Å². The third-order valence-electron chi connectivity index (χ3n) is 4.45. The molecule has 3 aromatic rings. The number of nitrogens with one attached hydrogen (secondary N) is 2. The Morgan fingerprint density at radius 1 is 1.11 bits per heavy atom. The molecule has 0 saturated carbocycles. The average Bonchev–Trinajstić information content (AvgIpc) is 3.09. The van der Waals surface area contributed by atoms with E-state index in [0.717, 1.165) is 21.3 Å². The Kier molecular flexibility index (Phi) is 4.68. The van der Waals surface area contributed by atoms with E-state index in [1.807, 2.05) is 48.5 Å². The maximum Gasteiger partial charge on any atom is 0.226 e. The van der Waals surface area contributed by atoms with Crippen LogP contribution in [0, 0.1) is 0 Å². The normalized spacial score (nSPS) is 15.6. The lowest BCUT2D eigenvalue weighted by Gasteiger charge is -2.22. The summed E-state index contributed by atoms with van der Waals surface area (Å²) in [6, 6.07) is 15.6. The van der Waals surface area contributed by atoms with Gasteiger partial charge in [-0.25, -0.2) is 4.98 Å². The molecule has 0 radical (unpaired) electrons. The van der Waals surface area contributed by atoms with E-state index < -0.39 is 0 Å². The molecular weight excluding hydrogens is 362 g/mol. The largest absolute Gasteiger partial charge is 0.493 e. The number of para-hydroxylation sites is 1. The standard InChI is InChI=1S/C20H19N3O3S/c1-25-15-9-8-12(10-16(15)26-2)14-11-17(24)22-19-18(14)27-20(23-19)21-13-6-4-3-5-7-13/h3-10,14H,11H2,1-2H3,(H,21,23)(H,22,24)/t14-/m1/s1. The predicted molar refractivity (Wildman–Crippen MR) is 106 cm³/mol. The van der Waals surface area contributed by atoms with Crippen molar-refractivity contribution in [2.75, 3.05) is 24.9 Å². The van der Waals surface area contributed by atoms with Crippen molar-refractivity contribution in [3.05, 3.63) is 59.0 Å². The van der Waals surface area contributed by atoms with Gasteiger partial charge in [0.2, 0.25) is 5.91 Å². The molecule has 27 heavy (non-hydrogen) atoms. The summed E-state index contributed by atoms with van der Waals surface area (Å²) >= 11 is 1.55. The number of methoxy groups -OCH3 is 2. The summed E-state index contributed by atoms with van der Waals surface area (Å²) < 4.78 is 10.7. The molecule has 1 atom stereocenters. The van der Waals surface area contributed by atoms with Crippen molar-refractivity contribution in [3.63, 3.8) is 0 Å². The number of amides is 1. The number of fused-ring (bicyclic) bond motifs is 1. The smallest absolute Gasteiger partial charge is 0.226 e. The fourth-order valence-corrected chi connectivity index (χ4v) is 4.23. The first kappa shape index (κ1) is 17.4. The molecule has 0 bridgehead atoms.